The van der Waals surface area contributed by atoms with Crippen molar-refractivity contribution >= 4 is 0 Å². The van der Waals surface area contributed by atoms with Crippen molar-refractivity contribution in [2.75, 3.05) is 7.11 Å². The Kier molecular flexibility index (Phi) is 6.77. The summed E-state index contributed by atoms with van der Waals surface area (Å²) < 4.78 is 5.07. The fraction of sp³-hybridized carbons (Fsp3) is 0.312. The van der Waals surface area contributed by atoms with Gasteiger partial charge in [-0.3, -0.25) is 9.97 Å². The maximum absolute atomic E-state index is 8.41. The minimum absolute atomic E-state index is 0.622. The second-order valence-corrected chi connectivity index (χ2v) is 4.01. The average molecular weight is 269 g/mol. The highest BCUT2D eigenvalue weighted by atomic mass is 16.5. The maximum Gasteiger partial charge on any atom is 0.140 e. The Labute approximate surface area is 120 Å². The second-order valence-electron chi connectivity index (χ2n) is 4.01. The van der Waals surface area contributed by atoms with E-state index in [4.69, 9.17) is 10.00 Å². The molecular formula is C16H19N3O. The Morgan fingerprint density at radius 2 is 1.95 bits per heavy atom. The summed E-state index contributed by atoms with van der Waals surface area (Å²) in [6.07, 6.45) is 5.22. The largest absolute Gasteiger partial charge is 0.495 e. The molecule has 0 unspecified atom stereocenters. The molecule has 0 aliphatic carbocycles. The van der Waals surface area contributed by atoms with Crippen LogP contribution in [-0.4, -0.2) is 17.1 Å². The van der Waals surface area contributed by atoms with Gasteiger partial charge in [0.1, 0.15) is 11.8 Å². The van der Waals surface area contributed by atoms with Crippen LogP contribution in [-0.2, 0) is 12.8 Å². The Morgan fingerprint density at radius 3 is 2.40 bits per heavy atom. The molecule has 104 valence electrons. The van der Waals surface area contributed by atoms with Crippen LogP contribution in [0.25, 0.3) is 0 Å². The first kappa shape index (κ1) is 15.6. The van der Waals surface area contributed by atoms with Gasteiger partial charge in [-0.25, -0.2) is 0 Å². The lowest BCUT2D eigenvalue weighted by atomic mass is 10.2. The monoisotopic (exact) mass is 269 g/mol. The van der Waals surface area contributed by atoms with E-state index in [1.54, 1.807) is 25.6 Å². The number of hydrogen-bond donors (Lipinski definition) is 0. The molecule has 0 amide bonds. The fourth-order valence-corrected chi connectivity index (χ4v) is 1.57. The number of pyridine rings is 2. The van der Waals surface area contributed by atoms with Gasteiger partial charge in [-0.2, -0.15) is 5.26 Å². The zero-order chi connectivity index (χ0) is 14.8. The second kappa shape index (κ2) is 8.65. The molecule has 4 nitrogen and oxygen atoms in total. The Morgan fingerprint density at radius 1 is 1.15 bits per heavy atom. The molecule has 2 rings (SSSR count). The molecule has 0 radical (unpaired) electrons. The molecular weight excluding hydrogens is 250 g/mol. The van der Waals surface area contributed by atoms with Crippen LogP contribution in [0.1, 0.15) is 30.8 Å². The van der Waals surface area contributed by atoms with Crippen molar-refractivity contribution < 1.29 is 4.74 Å². The summed E-state index contributed by atoms with van der Waals surface area (Å²) in [4.78, 5) is 8.19. The third-order valence-corrected chi connectivity index (χ3v) is 2.72. The first-order chi connectivity index (χ1) is 9.74. The first-order valence-electron chi connectivity index (χ1n) is 6.58. The van der Waals surface area contributed by atoms with Gasteiger partial charge in [0, 0.05) is 18.1 Å². The molecule has 0 bridgehead atoms. The van der Waals surface area contributed by atoms with E-state index >= 15 is 0 Å². The fourth-order valence-electron chi connectivity index (χ4n) is 1.57. The van der Waals surface area contributed by atoms with Gasteiger partial charge in [-0.15, -0.1) is 0 Å². The molecule has 0 aliphatic heterocycles. The number of methoxy groups -OCH3 is 1. The molecule has 0 aromatic carbocycles. The number of rotatable bonds is 3. The van der Waals surface area contributed by atoms with Gasteiger partial charge >= 0.3 is 0 Å². The van der Waals surface area contributed by atoms with Crippen LogP contribution >= 0.6 is 0 Å². The number of hydrogen-bond acceptors (Lipinski definition) is 4. The molecule has 0 saturated heterocycles. The van der Waals surface area contributed by atoms with E-state index in [0.717, 1.165) is 30.0 Å². The van der Waals surface area contributed by atoms with Crippen molar-refractivity contribution in [2.45, 2.75) is 26.7 Å². The van der Waals surface area contributed by atoms with E-state index in [1.165, 1.54) is 0 Å². The van der Waals surface area contributed by atoms with Gasteiger partial charge in [0.2, 0.25) is 0 Å². The zero-order valence-electron chi connectivity index (χ0n) is 12.1. The third kappa shape index (κ3) is 4.69. The van der Waals surface area contributed by atoms with Crippen molar-refractivity contribution in [3.05, 3.63) is 53.6 Å². The van der Waals surface area contributed by atoms with E-state index in [9.17, 15) is 0 Å². The highest BCUT2D eigenvalue weighted by Gasteiger charge is 1.97. The lowest BCUT2D eigenvalue weighted by molar-refractivity contribution is 0.407. The number of ether oxygens (including phenoxy) is 1. The van der Waals surface area contributed by atoms with Gasteiger partial charge in [0.15, 0.2) is 0 Å². The van der Waals surface area contributed by atoms with Crippen LogP contribution < -0.4 is 4.74 Å². The third-order valence-electron chi connectivity index (χ3n) is 2.72. The first-order valence-corrected chi connectivity index (χ1v) is 6.58. The predicted molar refractivity (Wildman–Crippen MR) is 78.5 cm³/mol. The highest BCUT2D eigenvalue weighted by Crippen LogP contribution is 2.13. The molecule has 2 heterocycles. The van der Waals surface area contributed by atoms with Crippen molar-refractivity contribution in [1.29, 1.82) is 5.26 Å². The van der Waals surface area contributed by atoms with Crippen molar-refractivity contribution in [3.63, 3.8) is 0 Å². The van der Waals surface area contributed by atoms with Crippen LogP contribution in [0.2, 0.25) is 0 Å². The number of aryl methyl sites for hydroxylation is 2. The standard InChI is InChI=1S/C8H8N2.C8H11NO/c1-2-8-4-3-7(5-9)6-10-8;1-3-7-8(10-2)5-4-6-9-7/h3-4,6H,2H2,1H3;4-6H,3H2,1-2H3. The maximum atomic E-state index is 8.41. The molecule has 0 saturated carbocycles. The predicted octanol–water partition coefficient (Wildman–Crippen LogP) is 3.17. The van der Waals surface area contributed by atoms with Crippen LogP contribution in [0.5, 0.6) is 5.75 Å². The quantitative estimate of drug-likeness (QED) is 0.858. The molecule has 0 spiro atoms. The topological polar surface area (TPSA) is 58.8 Å². The minimum atomic E-state index is 0.622. The van der Waals surface area contributed by atoms with Crippen molar-refractivity contribution in [1.82, 2.24) is 9.97 Å². The summed E-state index contributed by atoms with van der Waals surface area (Å²) in [5.41, 5.74) is 2.67. The van der Waals surface area contributed by atoms with E-state index in [-0.39, 0.29) is 0 Å². The summed E-state index contributed by atoms with van der Waals surface area (Å²) in [5, 5.41) is 8.41. The average Bonchev–Trinajstić information content (AvgIpc) is 2.55. The van der Waals surface area contributed by atoms with E-state index in [0.29, 0.717) is 5.56 Å². The Bertz CT molecular complexity index is 536. The SMILES string of the molecule is CCc1ccc(C#N)cn1.CCc1ncccc1OC. The lowest BCUT2D eigenvalue weighted by Crippen LogP contribution is -1.92. The summed E-state index contributed by atoms with van der Waals surface area (Å²) in [7, 11) is 1.66. The summed E-state index contributed by atoms with van der Waals surface area (Å²) in [6.45, 7) is 4.10. The van der Waals surface area contributed by atoms with E-state index < -0.39 is 0 Å². The summed E-state index contributed by atoms with van der Waals surface area (Å²) >= 11 is 0. The molecule has 4 heteroatoms. The van der Waals surface area contributed by atoms with Gasteiger partial charge in [0.25, 0.3) is 0 Å². The van der Waals surface area contributed by atoms with Crippen molar-refractivity contribution in [3.8, 4) is 11.8 Å². The summed E-state index contributed by atoms with van der Waals surface area (Å²) in [6, 6.07) is 9.47. The molecule has 0 aliphatic rings. The van der Waals surface area contributed by atoms with Gasteiger partial charge < -0.3 is 4.74 Å². The van der Waals surface area contributed by atoms with E-state index in [2.05, 4.69) is 16.9 Å². The van der Waals surface area contributed by atoms with Crippen LogP contribution in [0.3, 0.4) is 0 Å². The number of nitriles is 1. The molecule has 0 fully saturated rings. The molecule has 20 heavy (non-hydrogen) atoms. The molecule has 2 aromatic rings. The van der Waals surface area contributed by atoms with Crippen LogP contribution in [0.4, 0.5) is 0 Å². The normalized spacial score (nSPS) is 9.10. The highest BCUT2D eigenvalue weighted by molar-refractivity contribution is 5.26. The number of aromatic nitrogens is 2. The molecule has 0 atom stereocenters. The van der Waals surface area contributed by atoms with Gasteiger partial charge in [-0.1, -0.05) is 13.8 Å². The van der Waals surface area contributed by atoms with Crippen LogP contribution in [0, 0.1) is 11.3 Å². The molecule has 2 aromatic heterocycles. The Balaban J connectivity index is 0.000000200. The van der Waals surface area contributed by atoms with Gasteiger partial charge in [0.05, 0.1) is 18.4 Å². The minimum Gasteiger partial charge on any atom is -0.495 e. The van der Waals surface area contributed by atoms with Crippen LogP contribution in [0.15, 0.2) is 36.7 Å². The van der Waals surface area contributed by atoms with Crippen molar-refractivity contribution in [2.24, 2.45) is 0 Å². The smallest absolute Gasteiger partial charge is 0.140 e. The zero-order valence-corrected chi connectivity index (χ0v) is 12.1. The summed E-state index contributed by atoms with van der Waals surface area (Å²) in [5.74, 6) is 0.880. The van der Waals surface area contributed by atoms with E-state index in [1.807, 2.05) is 31.2 Å². The van der Waals surface area contributed by atoms with Gasteiger partial charge in [-0.05, 0) is 37.1 Å². The molecule has 0 N–H and O–H groups in total. The number of nitrogens with zero attached hydrogens (tertiary/aromatic N) is 3. The Hall–Kier alpha value is -2.41. The lowest BCUT2D eigenvalue weighted by Gasteiger charge is -2.02.